The summed E-state index contributed by atoms with van der Waals surface area (Å²) >= 11 is 0. The van der Waals surface area contributed by atoms with Gasteiger partial charge in [-0.1, -0.05) is 18.2 Å². The van der Waals surface area contributed by atoms with Gasteiger partial charge in [-0.2, -0.15) is 0 Å². The number of aromatic nitrogens is 3. The van der Waals surface area contributed by atoms with E-state index in [1.165, 1.54) is 0 Å². The Morgan fingerprint density at radius 2 is 1.97 bits per heavy atom. The number of para-hydroxylation sites is 1. The van der Waals surface area contributed by atoms with Crippen molar-refractivity contribution < 1.29 is 4.74 Å². The van der Waals surface area contributed by atoms with Crippen LogP contribution in [0.1, 0.15) is 12.0 Å². The van der Waals surface area contributed by atoms with Crippen LogP contribution in [-0.2, 0) is 13.1 Å². The summed E-state index contributed by atoms with van der Waals surface area (Å²) in [4.78, 5) is 8.79. The van der Waals surface area contributed by atoms with Gasteiger partial charge in [-0.25, -0.2) is 9.97 Å². The number of pyridine rings is 1. The highest BCUT2D eigenvalue weighted by atomic mass is 16.5. The smallest absolute Gasteiger partial charge is 0.126 e. The molecule has 0 atom stereocenters. The topological polar surface area (TPSA) is 64.0 Å². The van der Waals surface area contributed by atoms with Gasteiger partial charge in [0.05, 0.1) is 19.0 Å². The van der Waals surface area contributed by atoms with Crippen molar-refractivity contribution in [3.63, 3.8) is 0 Å². The Morgan fingerprint density at radius 1 is 1.03 bits per heavy atom. The van der Waals surface area contributed by atoms with Crippen molar-refractivity contribution in [1.29, 1.82) is 0 Å². The Kier molecular flexibility index (Phi) is 5.90. The van der Waals surface area contributed by atoms with Crippen molar-refractivity contribution in [2.45, 2.75) is 19.5 Å². The van der Waals surface area contributed by atoms with Crippen LogP contribution in [0.3, 0.4) is 0 Å². The van der Waals surface area contributed by atoms with Crippen LogP contribution >= 0.6 is 0 Å². The van der Waals surface area contributed by atoms with Gasteiger partial charge in [0.1, 0.15) is 11.6 Å². The number of nitrogens with one attached hydrogen (secondary N) is 2. The number of hydrogen-bond acceptors (Lipinski definition) is 5. The van der Waals surface area contributed by atoms with Crippen molar-refractivity contribution in [2.75, 3.05) is 24.3 Å². The Morgan fingerprint density at radius 3 is 2.83 bits per heavy atom. The molecule has 2 aromatic carbocycles. The maximum atomic E-state index is 5.41. The van der Waals surface area contributed by atoms with E-state index >= 15 is 0 Å². The maximum Gasteiger partial charge on any atom is 0.126 e. The molecule has 29 heavy (non-hydrogen) atoms. The molecule has 0 aliphatic rings. The molecule has 0 spiro atoms. The summed E-state index contributed by atoms with van der Waals surface area (Å²) in [6.45, 7) is 2.54. The van der Waals surface area contributed by atoms with E-state index in [1.54, 1.807) is 7.11 Å². The number of benzene rings is 2. The van der Waals surface area contributed by atoms with Crippen LogP contribution in [-0.4, -0.2) is 28.2 Å². The predicted molar refractivity (Wildman–Crippen MR) is 117 cm³/mol. The fourth-order valence-corrected chi connectivity index (χ4v) is 3.28. The first kappa shape index (κ1) is 18.8. The molecule has 6 heteroatoms. The second kappa shape index (κ2) is 9.10. The van der Waals surface area contributed by atoms with E-state index in [0.717, 1.165) is 53.2 Å². The molecule has 0 unspecified atom stereocenters. The highest BCUT2D eigenvalue weighted by molar-refractivity contribution is 5.83. The second-order valence-corrected chi connectivity index (χ2v) is 6.85. The molecule has 2 aromatic heterocycles. The fraction of sp³-hybridized carbons (Fsp3) is 0.217. The normalized spacial score (nSPS) is 10.8. The SMILES string of the molecule is COc1ccccc1CNc1ccc2cc(NCCCn3ccnc3)ccc2n1. The maximum absolute atomic E-state index is 5.41. The number of imidazole rings is 1. The summed E-state index contributed by atoms with van der Waals surface area (Å²) in [6, 6.07) is 18.4. The molecule has 0 radical (unpaired) electrons. The Bertz CT molecular complexity index is 1060. The van der Waals surface area contributed by atoms with E-state index in [4.69, 9.17) is 9.72 Å². The Balaban J connectivity index is 1.35. The molecule has 2 N–H and O–H groups in total. The fourth-order valence-electron chi connectivity index (χ4n) is 3.28. The molecule has 0 bridgehead atoms. The zero-order valence-electron chi connectivity index (χ0n) is 16.5. The van der Waals surface area contributed by atoms with E-state index in [0.29, 0.717) is 6.54 Å². The molecule has 6 nitrogen and oxygen atoms in total. The van der Waals surface area contributed by atoms with E-state index < -0.39 is 0 Å². The number of anilines is 2. The number of fused-ring (bicyclic) bond motifs is 1. The van der Waals surface area contributed by atoms with Gasteiger partial charge in [0, 0.05) is 48.7 Å². The van der Waals surface area contributed by atoms with Gasteiger partial charge >= 0.3 is 0 Å². The summed E-state index contributed by atoms with van der Waals surface area (Å²) in [5.74, 6) is 1.73. The standard InChI is InChI=1S/C23H25N5O/c1-29-22-6-3-2-5-19(22)16-26-23-10-7-18-15-20(8-9-21(18)27-23)25-11-4-13-28-14-12-24-17-28/h2-3,5-10,12,14-15,17,25H,4,11,13,16H2,1H3,(H,26,27). The Hall–Kier alpha value is -3.54. The van der Waals surface area contributed by atoms with Gasteiger partial charge in [-0.15, -0.1) is 0 Å². The van der Waals surface area contributed by atoms with Crippen LogP contribution in [0, 0.1) is 0 Å². The lowest BCUT2D eigenvalue weighted by Gasteiger charge is -2.11. The summed E-state index contributed by atoms with van der Waals surface area (Å²) in [5, 5.41) is 7.98. The predicted octanol–water partition coefficient (Wildman–Crippen LogP) is 4.55. The van der Waals surface area contributed by atoms with E-state index in [2.05, 4.69) is 50.5 Å². The number of methoxy groups -OCH3 is 1. The van der Waals surface area contributed by atoms with Gasteiger partial charge in [0.25, 0.3) is 0 Å². The van der Waals surface area contributed by atoms with Crippen LogP contribution in [0.15, 0.2) is 73.3 Å². The monoisotopic (exact) mass is 387 g/mol. The molecule has 0 aliphatic carbocycles. The average molecular weight is 387 g/mol. The largest absolute Gasteiger partial charge is 0.496 e. The van der Waals surface area contributed by atoms with E-state index in [-0.39, 0.29) is 0 Å². The molecule has 148 valence electrons. The van der Waals surface area contributed by atoms with E-state index in [1.807, 2.05) is 43.0 Å². The van der Waals surface area contributed by atoms with Crippen LogP contribution in [0.5, 0.6) is 5.75 Å². The lowest BCUT2D eigenvalue weighted by atomic mass is 10.2. The van der Waals surface area contributed by atoms with Crippen LogP contribution in [0.25, 0.3) is 10.9 Å². The van der Waals surface area contributed by atoms with Crippen LogP contribution in [0.2, 0.25) is 0 Å². The van der Waals surface area contributed by atoms with Crippen molar-refractivity contribution in [1.82, 2.24) is 14.5 Å². The number of aryl methyl sites for hydroxylation is 1. The first-order valence-electron chi connectivity index (χ1n) is 9.78. The minimum atomic E-state index is 0.666. The highest BCUT2D eigenvalue weighted by Gasteiger charge is 2.04. The third-order valence-electron chi connectivity index (χ3n) is 4.82. The molecule has 0 saturated heterocycles. The lowest BCUT2D eigenvalue weighted by molar-refractivity contribution is 0.410. The summed E-state index contributed by atoms with van der Waals surface area (Å²) in [5.41, 5.74) is 3.19. The molecular formula is C23H25N5O. The molecule has 4 rings (SSSR count). The number of rotatable bonds is 9. The van der Waals surface area contributed by atoms with Crippen molar-refractivity contribution in [3.05, 3.63) is 78.9 Å². The number of ether oxygens (including phenoxy) is 1. The zero-order valence-corrected chi connectivity index (χ0v) is 16.5. The summed E-state index contributed by atoms with van der Waals surface area (Å²) in [7, 11) is 1.69. The van der Waals surface area contributed by atoms with Crippen molar-refractivity contribution in [2.24, 2.45) is 0 Å². The van der Waals surface area contributed by atoms with E-state index in [9.17, 15) is 0 Å². The van der Waals surface area contributed by atoms with Crippen LogP contribution < -0.4 is 15.4 Å². The van der Waals surface area contributed by atoms with Gasteiger partial charge in [0.2, 0.25) is 0 Å². The zero-order chi connectivity index (χ0) is 19.9. The van der Waals surface area contributed by atoms with Crippen LogP contribution in [0.4, 0.5) is 11.5 Å². The van der Waals surface area contributed by atoms with Gasteiger partial charge in [-0.05, 0) is 42.8 Å². The molecule has 0 saturated carbocycles. The first-order chi connectivity index (χ1) is 14.3. The lowest BCUT2D eigenvalue weighted by Crippen LogP contribution is -2.06. The minimum absolute atomic E-state index is 0.666. The number of hydrogen-bond donors (Lipinski definition) is 2. The van der Waals surface area contributed by atoms with Gasteiger partial charge in [-0.3, -0.25) is 0 Å². The third kappa shape index (κ3) is 4.85. The molecule has 0 aliphatic heterocycles. The third-order valence-corrected chi connectivity index (χ3v) is 4.82. The minimum Gasteiger partial charge on any atom is -0.496 e. The molecule has 2 heterocycles. The van der Waals surface area contributed by atoms with Crippen molar-refractivity contribution in [3.8, 4) is 5.75 Å². The van der Waals surface area contributed by atoms with Crippen molar-refractivity contribution >= 4 is 22.4 Å². The summed E-state index contributed by atoms with van der Waals surface area (Å²) < 4.78 is 7.50. The molecule has 4 aromatic rings. The highest BCUT2D eigenvalue weighted by Crippen LogP contribution is 2.22. The second-order valence-electron chi connectivity index (χ2n) is 6.85. The summed E-state index contributed by atoms with van der Waals surface area (Å²) in [6.07, 6.45) is 6.68. The first-order valence-corrected chi connectivity index (χ1v) is 9.78. The quantitative estimate of drug-likeness (QED) is 0.412. The van der Waals surface area contributed by atoms with Gasteiger partial charge in [0.15, 0.2) is 0 Å². The average Bonchev–Trinajstić information content (AvgIpc) is 3.29. The Labute approximate surface area is 170 Å². The van der Waals surface area contributed by atoms with Gasteiger partial charge < -0.3 is 19.9 Å². The molecule has 0 amide bonds. The molecule has 0 fully saturated rings. The number of nitrogens with zero attached hydrogens (tertiary/aromatic N) is 3. The molecular weight excluding hydrogens is 362 g/mol.